The van der Waals surface area contributed by atoms with Gasteiger partial charge in [-0.25, -0.2) is 4.79 Å². The van der Waals surface area contributed by atoms with Crippen molar-refractivity contribution in [1.29, 1.82) is 0 Å². The average Bonchev–Trinajstić information content (AvgIpc) is 2.85. The van der Waals surface area contributed by atoms with Crippen molar-refractivity contribution in [2.45, 2.75) is 52.3 Å². The second-order valence-corrected chi connectivity index (χ2v) is 9.27. The van der Waals surface area contributed by atoms with Crippen molar-refractivity contribution >= 4 is 11.9 Å². The van der Waals surface area contributed by atoms with Gasteiger partial charge in [0.15, 0.2) is 5.60 Å². The molecule has 0 aliphatic heterocycles. The lowest BCUT2D eigenvalue weighted by Crippen LogP contribution is -2.39. The fourth-order valence-electron chi connectivity index (χ4n) is 3.75. The van der Waals surface area contributed by atoms with Crippen molar-refractivity contribution in [3.8, 4) is 17.0 Å². The van der Waals surface area contributed by atoms with Crippen LogP contribution in [0.5, 0.6) is 5.75 Å². The molecule has 3 aromatic rings. The van der Waals surface area contributed by atoms with Gasteiger partial charge in [-0.2, -0.15) is 13.2 Å². The number of aryl methyl sites for hydroxylation is 1. The summed E-state index contributed by atoms with van der Waals surface area (Å²) in [5.41, 5.74) is 1.55. The Morgan fingerprint density at radius 3 is 2.34 bits per heavy atom. The Balaban J connectivity index is 1.53. The van der Waals surface area contributed by atoms with E-state index in [0.29, 0.717) is 35.7 Å². The van der Waals surface area contributed by atoms with Crippen molar-refractivity contribution < 1.29 is 32.2 Å². The number of carbonyl (C=O) groups excluding carboxylic acids is 2. The zero-order valence-corrected chi connectivity index (χ0v) is 21.8. The quantitative estimate of drug-likeness (QED) is 0.342. The second-order valence-electron chi connectivity index (χ2n) is 9.27. The van der Waals surface area contributed by atoms with Gasteiger partial charge in [0.25, 0.3) is 0 Å². The minimum absolute atomic E-state index is 0.128. The number of pyridine rings is 1. The summed E-state index contributed by atoms with van der Waals surface area (Å²) < 4.78 is 49.3. The Morgan fingerprint density at radius 1 is 1.00 bits per heavy atom. The Labute approximate surface area is 220 Å². The van der Waals surface area contributed by atoms with Gasteiger partial charge in [0.2, 0.25) is 5.91 Å². The molecule has 1 N–H and O–H groups in total. The molecule has 6 nitrogen and oxygen atoms in total. The Hall–Kier alpha value is -3.88. The molecule has 0 radical (unpaired) electrons. The summed E-state index contributed by atoms with van der Waals surface area (Å²) in [5, 5.41) is 2.89. The van der Waals surface area contributed by atoms with E-state index in [4.69, 9.17) is 9.47 Å². The van der Waals surface area contributed by atoms with Crippen molar-refractivity contribution in [3.05, 3.63) is 83.0 Å². The molecule has 9 heteroatoms. The van der Waals surface area contributed by atoms with Crippen LogP contribution in [0.1, 0.15) is 43.2 Å². The van der Waals surface area contributed by atoms with Crippen LogP contribution in [0.2, 0.25) is 0 Å². The van der Waals surface area contributed by atoms with E-state index in [0.717, 1.165) is 23.3 Å². The lowest BCUT2D eigenvalue weighted by atomic mass is 10.0. The van der Waals surface area contributed by atoms with Gasteiger partial charge in [0.1, 0.15) is 5.75 Å². The molecule has 0 spiro atoms. The summed E-state index contributed by atoms with van der Waals surface area (Å²) in [6, 6.07) is 15.6. The molecular formula is C29H31F3N2O4. The number of rotatable bonds is 10. The van der Waals surface area contributed by atoms with Crippen LogP contribution in [0.25, 0.3) is 11.3 Å². The predicted octanol–water partition coefficient (Wildman–Crippen LogP) is 5.70. The smallest absolute Gasteiger partial charge is 0.416 e. The van der Waals surface area contributed by atoms with Gasteiger partial charge in [-0.1, -0.05) is 30.3 Å². The summed E-state index contributed by atoms with van der Waals surface area (Å²) in [6.45, 7) is 7.46. The number of esters is 1. The Morgan fingerprint density at radius 2 is 1.71 bits per heavy atom. The molecule has 1 heterocycles. The van der Waals surface area contributed by atoms with Gasteiger partial charge in [0, 0.05) is 17.8 Å². The van der Waals surface area contributed by atoms with Gasteiger partial charge >= 0.3 is 12.1 Å². The van der Waals surface area contributed by atoms with Gasteiger partial charge in [-0.15, -0.1) is 0 Å². The number of hydrogen-bond donors (Lipinski definition) is 1. The molecule has 0 aliphatic carbocycles. The van der Waals surface area contributed by atoms with Crippen LogP contribution < -0.4 is 10.1 Å². The number of alkyl halides is 3. The largest absolute Gasteiger partial charge is 0.476 e. The maximum absolute atomic E-state index is 12.8. The predicted molar refractivity (Wildman–Crippen MR) is 138 cm³/mol. The molecule has 0 bridgehead atoms. The lowest BCUT2D eigenvalue weighted by Gasteiger charge is -2.24. The van der Waals surface area contributed by atoms with E-state index in [1.165, 1.54) is 12.1 Å². The van der Waals surface area contributed by atoms with Gasteiger partial charge in [-0.3, -0.25) is 9.78 Å². The van der Waals surface area contributed by atoms with Crippen LogP contribution in [0, 0.1) is 6.92 Å². The number of amides is 1. The highest BCUT2D eigenvalue weighted by molar-refractivity contribution is 5.79. The maximum atomic E-state index is 12.8. The molecule has 2 aromatic carbocycles. The van der Waals surface area contributed by atoms with Gasteiger partial charge in [-0.05, 0) is 75.6 Å². The van der Waals surface area contributed by atoms with Crippen LogP contribution in [-0.4, -0.2) is 35.6 Å². The van der Waals surface area contributed by atoms with E-state index in [-0.39, 0.29) is 18.9 Å². The molecule has 0 unspecified atom stereocenters. The molecular weight excluding hydrogens is 497 g/mol. The first-order chi connectivity index (χ1) is 17.9. The van der Waals surface area contributed by atoms with Crippen molar-refractivity contribution in [2.75, 3.05) is 13.2 Å². The molecule has 0 saturated heterocycles. The lowest BCUT2D eigenvalue weighted by molar-refractivity contribution is -0.158. The third kappa shape index (κ3) is 7.81. The minimum Gasteiger partial charge on any atom is -0.476 e. The number of aromatic nitrogens is 1. The molecule has 0 atom stereocenters. The van der Waals surface area contributed by atoms with E-state index < -0.39 is 23.3 Å². The summed E-state index contributed by atoms with van der Waals surface area (Å²) in [4.78, 5) is 29.1. The number of halogens is 3. The highest BCUT2D eigenvalue weighted by Crippen LogP contribution is 2.31. The SMILES string of the molecule is CCOC(=O)C(C)(C)Oc1cccc(CCNC(=O)Cc2ccc(-c3ccc(C(F)(F)F)cc3)nc2C)c1. The van der Waals surface area contributed by atoms with Crippen molar-refractivity contribution in [1.82, 2.24) is 10.3 Å². The fraction of sp³-hybridized carbons (Fsp3) is 0.345. The van der Waals surface area contributed by atoms with Crippen LogP contribution in [0.15, 0.2) is 60.7 Å². The highest BCUT2D eigenvalue weighted by Gasteiger charge is 2.32. The van der Waals surface area contributed by atoms with E-state index >= 15 is 0 Å². The summed E-state index contributed by atoms with van der Waals surface area (Å²) >= 11 is 0. The van der Waals surface area contributed by atoms with Crippen LogP contribution in [-0.2, 0) is 33.3 Å². The number of nitrogens with one attached hydrogen (secondary N) is 1. The van der Waals surface area contributed by atoms with E-state index in [1.807, 2.05) is 18.2 Å². The first-order valence-corrected chi connectivity index (χ1v) is 12.2. The number of benzene rings is 2. The number of ether oxygens (including phenoxy) is 2. The first-order valence-electron chi connectivity index (χ1n) is 12.2. The van der Waals surface area contributed by atoms with Crippen LogP contribution >= 0.6 is 0 Å². The Kier molecular flexibility index (Phi) is 9.14. The maximum Gasteiger partial charge on any atom is 0.416 e. The molecule has 0 fully saturated rings. The molecule has 0 saturated carbocycles. The topological polar surface area (TPSA) is 77.5 Å². The zero-order chi connectivity index (χ0) is 27.9. The van der Waals surface area contributed by atoms with Crippen molar-refractivity contribution in [2.24, 2.45) is 0 Å². The summed E-state index contributed by atoms with van der Waals surface area (Å²) in [5.74, 6) is -0.0930. The third-order valence-electron chi connectivity index (χ3n) is 5.83. The van der Waals surface area contributed by atoms with E-state index in [1.54, 1.807) is 45.9 Å². The third-order valence-corrected chi connectivity index (χ3v) is 5.83. The molecule has 1 aromatic heterocycles. The summed E-state index contributed by atoms with van der Waals surface area (Å²) in [6.07, 6.45) is -3.70. The standard InChI is InChI=1S/C29H31F3N2O4/c1-5-37-27(36)28(3,4)38-24-8-6-7-20(17-24)15-16-33-26(35)18-22-11-14-25(34-19(22)2)21-9-12-23(13-10-21)29(30,31)32/h6-14,17H,5,15-16,18H2,1-4H3,(H,33,35). The van der Waals surface area contributed by atoms with E-state index in [2.05, 4.69) is 10.3 Å². The first kappa shape index (κ1) is 28.7. The average molecular weight is 529 g/mol. The highest BCUT2D eigenvalue weighted by atomic mass is 19.4. The monoisotopic (exact) mass is 528 g/mol. The molecule has 3 rings (SSSR count). The summed E-state index contributed by atoms with van der Waals surface area (Å²) in [7, 11) is 0. The van der Waals surface area contributed by atoms with Gasteiger partial charge in [0.05, 0.1) is 24.3 Å². The normalized spacial score (nSPS) is 11.7. The van der Waals surface area contributed by atoms with Gasteiger partial charge < -0.3 is 14.8 Å². The van der Waals surface area contributed by atoms with Crippen LogP contribution in [0.4, 0.5) is 13.2 Å². The minimum atomic E-state index is -4.39. The Bertz CT molecular complexity index is 1270. The number of hydrogen-bond acceptors (Lipinski definition) is 5. The molecule has 0 aliphatic rings. The number of nitrogens with zero attached hydrogens (tertiary/aromatic N) is 1. The number of carbonyl (C=O) groups is 2. The molecule has 202 valence electrons. The zero-order valence-electron chi connectivity index (χ0n) is 21.8. The van der Waals surface area contributed by atoms with Crippen molar-refractivity contribution in [3.63, 3.8) is 0 Å². The van der Waals surface area contributed by atoms with Crippen LogP contribution in [0.3, 0.4) is 0 Å². The van der Waals surface area contributed by atoms with E-state index in [9.17, 15) is 22.8 Å². The fourth-order valence-corrected chi connectivity index (χ4v) is 3.75. The second kappa shape index (κ2) is 12.1. The molecule has 1 amide bonds. The molecule has 38 heavy (non-hydrogen) atoms.